The van der Waals surface area contributed by atoms with Crippen LogP contribution in [-0.2, 0) is 7.05 Å². The first-order valence-electron chi connectivity index (χ1n) is 5.59. The summed E-state index contributed by atoms with van der Waals surface area (Å²) in [6, 6.07) is 12.1. The molecule has 1 N–H and O–H groups in total. The molecule has 0 atom stereocenters. The monoisotopic (exact) mass is 256 g/mol. The largest absolute Gasteiger partial charge is 0.360 e. The highest BCUT2D eigenvalue weighted by Gasteiger charge is 2.00. The molecule has 0 amide bonds. The van der Waals surface area contributed by atoms with E-state index in [4.69, 9.17) is 0 Å². The number of nitrogens with one attached hydrogen (secondary N) is 1. The Kier molecular flexibility index (Phi) is 2.82. The molecule has 2 heterocycles. The zero-order valence-electron chi connectivity index (χ0n) is 9.87. The van der Waals surface area contributed by atoms with Crippen molar-refractivity contribution in [1.29, 1.82) is 0 Å². The molecule has 0 aliphatic heterocycles. The maximum Gasteiger partial charge on any atom is 0.211 e. The van der Waals surface area contributed by atoms with Crippen LogP contribution in [0.25, 0.3) is 10.2 Å². The molecule has 5 heteroatoms. The molecular formula is C13H12N4S. The number of aromatic nitrogens is 2. The van der Waals surface area contributed by atoms with Gasteiger partial charge >= 0.3 is 0 Å². The second-order valence-electron chi connectivity index (χ2n) is 3.88. The van der Waals surface area contributed by atoms with Gasteiger partial charge in [-0.3, -0.25) is 0 Å². The fraction of sp³-hybridized carbons (Fsp3) is 0.0769. The van der Waals surface area contributed by atoms with Crippen LogP contribution in [0.1, 0.15) is 5.69 Å². The van der Waals surface area contributed by atoms with Gasteiger partial charge in [-0.15, -0.1) is 5.10 Å². The summed E-state index contributed by atoms with van der Waals surface area (Å²) in [4.78, 5) is 3.94. The van der Waals surface area contributed by atoms with Crippen LogP contribution in [0.5, 0.6) is 0 Å². The third-order valence-electron chi connectivity index (χ3n) is 2.68. The number of fused-ring (bicyclic) bond motifs is 1. The molecule has 0 fully saturated rings. The van der Waals surface area contributed by atoms with Crippen LogP contribution in [0.3, 0.4) is 0 Å². The second-order valence-corrected chi connectivity index (χ2v) is 4.89. The van der Waals surface area contributed by atoms with E-state index in [0.29, 0.717) is 0 Å². The quantitative estimate of drug-likeness (QED) is 0.541. The minimum Gasteiger partial charge on any atom is -0.360 e. The summed E-state index contributed by atoms with van der Waals surface area (Å²) in [5, 5.41) is 8.35. The van der Waals surface area contributed by atoms with E-state index in [1.807, 2.05) is 42.1 Å². The summed E-state index contributed by atoms with van der Waals surface area (Å²) >= 11 is 1.63. The molecule has 3 aromatic rings. The van der Waals surface area contributed by atoms with Gasteiger partial charge in [0.15, 0.2) is 0 Å². The topological polar surface area (TPSA) is 45.4 Å². The van der Waals surface area contributed by atoms with Crippen LogP contribution in [0, 0.1) is 0 Å². The van der Waals surface area contributed by atoms with E-state index in [1.54, 1.807) is 17.6 Å². The molecule has 90 valence electrons. The molecule has 1 aromatic carbocycles. The second kappa shape index (κ2) is 4.62. The number of H-pyrrole nitrogens is 1. The van der Waals surface area contributed by atoms with Crippen molar-refractivity contribution in [3.05, 3.63) is 53.1 Å². The van der Waals surface area contributed by atoms with E-state index in [-0.39, 0.29) is 0 Å². The first-order valence-corrected chi connectivity index (χ1v) is 6.41. The van der Waals surface area contributed by atoms with Gasteiger partial charge in [0, 0.05) is 13.2 Å². The number of benzene rings is 1. The lowest BCUT2D eigenvalue weighted by molar-refractivity contribution is 0.889. The summed E-state index contributed by atoms with van der Waals surface area (Å²) in [6.45, 7) is 0. The molecule has 0 radical (unpaired) electrons. The number of rotatable bonds is 2. The van der Waals surface area contributed by atoms with Crippen LogP contribution >= 0.6 is 11.3 Å². The van der Waals surface area contributed by atoms with Gasteiger partial charge in [0.1, 0.15) is 0 Å². The number of thiazole rings is 1. The molecule has 0 saturated heterocycles. The average Bonchev–Trinajstić information content (AvgIpc) is 3.00. The Morgan fingerprint density at radius 2 is 2.11 bits per heavy atom. The number of hydrogen-bond donors (Lipinski definition) is 1. The Hall–Kier alpha value is -2.14. The van der Waals surface area contributed by atoms with E-state index in [0.717, 1.165) is 10.5 Å². The molecule has 2 aromatic heterocycles. The van der Waals surface area contributed by atoms with Crippen molar-refractivity contribution in [3.8, 4) is 0 Å². The lowest BCUT2D eigenvalue weighted by Gasteiger charge is -1.92. The molecular weight excluding hydrogens is 244 g/mol. The number of nitrogens with zero attached hydrogens (tertiary/aromatic N) is 3. The summed E-state index contributed by atoms with van der Waals surface area (Å²) in [5.41, 5.74) is 2.12. The van der Waals surface area contributed by atoms with E-state index in [9.17, 15) is 0 Å². The third kappa shape index (κ3) is 2.00. The Morgan fingerprint density at radius 1 is 1.22 bits per heavy atom. The average molecular weight is 256 g/mol. The third-order valence-corrected chi connectivity index (χ3v) is 3.78. The fourth-order valence-electron chi connectivity index (χ4n) is 1.74. The lowest BCUT2D eigenvalue weighted by Crippen LogP contribution is -2.08. The molecule has 4 nitrogen and oxygen atoms in total. The van der Waals surface area contributed by atoms with Gasteiger partial charge < -0.3 is 9.55 Å². The van der Waals surface area contributed by atoms with E-state index in [2.05, 4.69) is 27.3 Å². The fourth-order valence-corrected chi connectivity index (χ4v) is 2.72. The van der Waals surface area contributed by atoms with Crippen LogP contribution in [-0.4, -0.2) is 15.8 Å². The molecule has 0 spiro atoms. The van der Waals surface area contributed by atoms with Gasteiger partial charge in [-0.1, -0.05) is 23.5 Å². The zero-order chi connectivity index (χ0) is 12.4. The maximum absolute atomic E-state index is 4.25. The van der Waals surface area contributed by atoms with Gasteiger partial charge in [-0.05, 0) is 24.3 Å². The van der Waals surface area contributed by atoms with Crippen molar-refractivity contribution in [1.82, 2.24) is 9.55 Å². The molecule has 0 bridgehead atoms. The number of aryl methyl sites for hydroxylation is 1. The highest BCUT2D eigenvalue weighted by Crippen LogP contribution is 2.14. The van der Waals surface area contributed by atoms with Gasteiger partial charge in [0.25, 0.3) is 0 Å². The number of para-hydroxylation sites is 1. The van der Waals surface area contributed by atoms with Crippen molar-refractivity contribution < 1.29 is 0 Å². The predicted molar refractivity (Wildman–Crippen MR) is 74.7 cm³/mol. The predicted octanol–water partition coefficient (Wildman–Crippen LogP) is 2.50. The normalized spacial score (nSPS) is 12.8. The maximum atomic E-state index is 4.25. The first kappa shape index (κ1) is 11.0. The standard InChI is InChI=1S/C13H12N4S/c1-17-11-6-2-3-7-12(11)18-13(17)16-15-9-10-5-4-8-14-10/h2-9,14H,1H3/b15-9+,16-13-. The van der Waals surface area contributed by atoms with Crippen molar-refractivity contribution in [2.24, 2.45) is 17.3 Å². The summed E-state index contributed by atoms with van der Waals surface area (Å²) in [6.07, 6.45) is 3.57. The molecule has 3 rings (SSSR count). The molecule has 0 aliphatic carbocycles. The van der Waals surface area contributed by atoms with Gasteiger partial charge in [0.2, 0.25) is 4.80 Å². The SMILES string of the molecule is Cn1/c(=N/N=C/c2ccc[nH]2)sc2ccccc21. The highest BCUT2D eigenvalue weighted by atomic mass is 32.1. The van der Waals surface area contributed by atoms with E-state index >= 15 is 0 Å². The first-order chi connectivity index (χ1) is 8.84. The van der Waals surface area contributed by atoms with Crippen LogP contribution in [0.15, 0.2) is 52.8 Å². The number of hydrogen-bond acceptors (Lipinski definition) is 3. The van der Waals surface area contributed by atoms with Crippen molar-refractivity contribution in [2.75, 3.05) is 0 Å². The van der Waals surface area contributed by atoms with Crippen LogP contribution < -0.4 is 4.80 Å². The number of aromatic amines is 1. The minimum absolute atomic E-state index is 0.888. The van der Waals surface area contributed by atoms with Crippen molar-refractivity contribution >= 4 is 27.8 Å². The highest BCUT2D eigenvalue weighted by molar-refractivity contribution is 7.16. The Bertz CT molecular complexity index is 747. The Labute approximate surface area is 108 Å². The Morgan fingerprint density at radius 3 is 2.89 bits per heavy atom. The van der Waals surface area contributed by atoms with Gasteiger partial charge in [-0.2, -0.15) is 5.10 Å². The van der Waals surface area contributed by atoms with Gasteiger partial charge in [-0.25, -0.2) is 0 Å². The van der Waals surface area contributed by atoms with E-state index < -0.39 is 0 Å². The molecule has 0 aliphatic rings. The summed E-state index contributed by atoms with van der Waals surface area (Å²) in [5.74, 6) is 0. The van der Waals surface area contributed by atoms with Crippen LogP contribution in [0.2, 0.25) is 0 Å². The van der Waals surface area contributed by atoms with E-state index in [1.165, 1.54) is 10.2 Å². The smallest absolute Gasteiger partial charge is 0.211 e. The minimum atomic E-state index is 0.888. The summed E-state index contributed by atoms with van der Waals surface area (Å²) < 4.78 is 3.26. The van der Waals surface area contributed by atoms with Crippen LogP contribution in [0.4, 0.5) is 0 Å². The van der Waals surface area contributed by atoms with Crippen molar-refractivity contribution in [2.45, 2.75) is 0 Å². The van der Waals surface area contributed by atoms with Gasteiger partial charge in [0.05, 0.1) is 22.1 Å². The lowest BCUT2D eigenvalue weighted by atomic mass is 10.3. The zero-order valence-corrected chi connectivity index (χ0v) is 10.7. The van der Waals surface area contributed by atoms with Crippen molar-refractivity contribution in [3.63, 3.8) is 0 Å². The summed E-state index contributed by atoms with van der Waals surface area (Å²) in [7, 11) is 2.00. The molecule has 0 saturated carbocycles. The molecule has 18 heavy (non-hydrogen) atoms. The Balaban J connectivity index is 2.01. The molecule has 0 unspecified atom stereocenters.